The fourth-order valence-corrected chi connectivity index (χ4v) is 2.77. The van der Waals surface area contributed by atoms with Crippen LogP contribution in [0.5, 0.6) is 5.75 Å². The van der Waals surface area contributed by atoms with E-state index in [1.165, 1.54) is 12.3 Å². The van der Waals surface area contributed by atoms with Crippen molar-refractivity contribution < 1.29 is 14.3 Å². The Kier molecular flexibility index (Phi) is 5.56. The van der Waals surface area contributed by atoms with Crippen LogP contribution in [0.15, 0.2) is 36.5 Å². The van der Waals surface area contributed by atoms with Crippen molar-refractivity contribution in [3.8, 4) is 5.75 Å². The van der Waals surface area contributed by atoms with Crippen LogP contribution in [0.3, 0.4) is 0 Å². The average Bonchev–Trinajstić information content (AvgIpc) is 3.07. The number of halogens is 2. The van der Waals surface area contributed by atoms with Crippen LogP contribution in [0.2, 0.25) is 10.2 Å². The molecule has 0 saturated carbocycles. The van der Waals surface area contributed by atoms with Gasteiger partial charge in [-0.1, -0.05) is 23.2 Å². The van der Waals surface area contributed by atoms with Crippen LogP contribution in [0, 0.1) is 0 Å². The Morgan fingerprint density at radius 1 is 1.33 bits per heavy atom. The minimum absolute atomic E-state index is 0.0863. The standard InChI is InChI=1S/C17H16Cl2N2O3/c18-12-3-4-15(24-10-13-2-1-7-23-13)14(9-12)21-17(22)11-5-6-20-16(19)8-11/h3-6,8-9,13H,1-2,7,10H2,(H,21,22). The summed E-state index contributed by atoms with van der Waals surface area (Å²) in [5.41, 5.74) is 0.901. The molecule has 0 radical (unpaired) electrons. The van der Waals surface area contributed by atoms with E-state index in [0.717, 1.165) is 19.4 Å². The number of hydrogen-bond acceptors (Lipinski definition) is 4. The first-order chi connectivity index (χ1) is 11.6. The Labute approximate surface area is 149 Å². The first-order valence-electron chi connectivity index (χ1n) is 7.58. The summed E-state index contributed by atoms with van der Waals surface area (Å²) >= 11 is 11.9. The maximum Gasteiger partial charge on any atom is 0.255 e. The van der Waals surface area contributed by atoms with E-state index >= 15 is 0 Å². The van der Waals surface area contributed by atoms with Gasteiger partial charge in [-0.3, -0.25) is 4.79 Å². The molecule has 7 heteroatoms. The maximum absolute atomic E-state index is 12.4. The monoisotopic (exact) mass is 366 g/mol. The first-order valence-corrected chi connectivity index (χ1v) is 8.34. The van der Waals surface area contributed by atoms with Gasteiger partial charge in [0, 0.05) is 23.4 Å². The lowest BCUT2D eigenvalue weighted by Gasteiger charge is -2.15. The minimum Gasteiger partial charge on any atom is -0.489 e. The number of anilines is 1. The quantitative estimate of drug-likeness (QED) is 0.805. The zero-order chi connectivity index (χ0) is 16.9. The van der Waals surface area contributed by atoms with Crippen molar-refractivity contribution in [1.29, 1.82) is 0 Å². The summed E-state index contributed by atoms with van der Waals surface area (Å²) in [4.78, 5) is 16.2. The lowest BCUT2D eigenvalue weighted by molar-refractivity contribution is 0.0682. The second-order valence-electron chi connectivity index (χ2n) is 5.41. The molecule has 1 fully saturated rings. The highest BCUT2D eigenvalue weighted by molar-refractivity contribution is 6.31. The van der Waals surface area contributed by atoms with Gasteiger partial charge in [-0.05, 0) is 43.2 Å². The second kappa shape index (κ2) is 7.83. The highest BCUT2D eigenvalue weighted by Gasteiger charge is 2.18. The summed E-state index contributed by atoms with van der Waals surface area (Å²) in [5.74, 6) is 0.229. The van der Waals surface area contributed by atoms with Crippen LogP contribution < -0.4 is 10.1 Å². The van der Waals surface area contributed by atoms with Gasteiger partial charge in [-0.15, -0.1) is 0 Å². The number of ether oxygens (including phenoxy) is 2. The molecule has 2 heterocycles. The van der Waals surface area contributed by atoms with E-state index in [1.54, 1.807) is 24.3 Å². The molecule has 1 unspecified atom stereocenters. The van der Waals surface area contributed by atoms with Crippen LogP contribution in [-0.4, -0.2) is 30.2 Å². The van der Waals surface area contributed by atoms with E-state index in [4.69, 9.17) is 32.7 Å². The Morgan fingerprint density at radius 2 is 2.21 bits per heavy atom. The lowest BCUT2D eigenvalue weighted by Crippen LogP contribution is -2.18. The molecule has 0 aliphatic carbocycles. The Bertz CT molecular complexity index is 734. The Morgan fingerprint density at radius 3 is 2.96 bits per heavy atom. The third kappa shape index (κ3) is 4.38. The van der Waals surface area contributed by atoms with Gasteiger partial charge in [0.1, 0.15) is 17.5 Å². The van der Waals surface area contributed by atoms with Gasteiger partial charge in [0.05, 0.1) is 11.8 Å². The Hall–Kier alpha value is -1.82. The van der Waals surface area contributed by atoms with Gasteiger partial charge in [0.25, 0.3) is 5.91 Å². The van der Waals surface area contributed by atoms with Crippen molar-refractivity contribution in [2.24, 2.45) is 0 Å². The molecule has 1 aliphatic rings. The van der Waals surface area contributed by atoms with Crippen LogP contribution >= 0.6 is 23.2 Å². The van der Waals surface area contributed by atoms with Crippen LogP contribution in [-0.2, 0) is 4.74 Å². The number of benzene rings is 1. The highest BCUT2D eigenvalue weighted by atomic mass is 35.5. The van der Waals surface area contributed by atoms with Crippen molar-refractivity contribution in [1.82, 2.24) is 4.98 Å². The molecule has 24 heavy (non-hydrogen) atoms. The molecule has 1 N–H and O–H groups in total. The first kappa shape index (κ1) is 17.0. The lowest BCUT2D eigenvalue weighted by atomic mass is 10.2. The second-order valence-corrected chi connectivity index (χ2v) is 6.23. The smallest absolute Gasteiger partial charge is 0.255 e. The van der Waals surface area contributed by atoms with Gasteiger partial charge >= 0.3 is 0 Å². The maximum atomic E-state index is 12.4. The molecule has 126 valence electrons. The van der Waals surface area contributed by atoms with Gasteiger partial charge in [0.15, 0.2) is 0 Å². The predicted octanol–water partition coefficient (Wildman–Crippen LogP) is 4.20. The molecule has 5 nitrogen and oxygen atoms in total. The normalized spacial score (nSPS) is 16.8. The molecule has 1 aliphatic heterocycles. The molecule has 0 bridgehead atoms. The summed E-state index contributed by atoms with van der Waals surface area (Å²) in [6, 6.07) is 8.16. The van der Waals surface area contributed by atoms with Crippen LogP contribution in [0.4, 0.5) is 5.69 Å². The molecule has 1 aromatic carbocycles. The molecule has 1 aromatic heterocycles. The molecule has 1 amide bonds. The number of pyridine rings is 1. The average molecular weight is 367 g/mol. The number of amides is 1. The SMILES string of the molecule is O=C(Nc1cc(Cl)ccc1OCC1CCCO1)c1ccnc(Cl)c1. The van der Waals surface area contributed by atoms with E-state index in [-0.39, 0.29) is 17.2 Å². The van der Waals surface area contributed by atoms with Crippen molar-refractivity contribution >= 4 is 34.8 Å². The van der Waals surface area contributed by atoms with Gasteiger partial charge < -0.3 is 14.8 Å². The van der Waals surface area contributed by atoms with Crippen LogP contribution in [0.25, 0.3) is 0 Å². The Balaban J connectivity index is 1.73. The van der Waals surface area contributed by atoms with Crippen molar-refractivity contribution in [3.05, 3.63) is 52.3 Å². The predicted molar refractivity (Wildman–Crippen MR) is 93.1 cm³/mol. The van der Waals surface area contributed by atoms with Gasteiger partial charge in [-0.2, -0.15) is 0 Å². The molecule has 0 spiro atoms. The third-order valence-corrected chi connectivity index (χ3v) is 4.07. The van der Waals surface area contributed by atoms with Crippen molar-refractivity contribution in [2.75, 3.05) is 18.5 Å². The summed E-state index contributed by atoms with van der Waals surface area (Å²) < 4.78 is 11.3. The molecule has 1 atom stereocenters. The zero-order valence-corrected chi connectivity index (χ0v) is 14.3. The van der Waals surface area contributed by atoms with E-state index in [1.807, 2.05) is 0 Å². The van der Waals surface area contributed by atoms with Gasteiger partial charge in [0.2, 0.25) is 0 Å². The number of hydrogen-bond donors (Lipinski definition) is 1. The highest BCUT2D eigenvalue weighted by Crippen LogP contribution is 2.29. The summed E-state index contributed by atoms with van der Waals surface area (Å²) in [7, 11) is 0. The van der Waals surface area contributed by atoms with Crippen molar-refractivity contribution in [2.45, 2.75) is 18.9 Å². The fourth-order valence-electron chi connectivity index (χ4n) is 2.42. The molecule has 2 aromatic rings. The van der Waals surface area contributed by atoms with Gasteiger partial charge in [-0.25, -0.2) is 4.98 Å². The summed E-state index contributed by atoms with van der Waals surface area (Å²) in [5, 5.41) is 3.55. The number of aromatic nitrogens is 1. The number of nitrogens with one attached hydrogen (secondary N) is 1. The number of carbonyl (C=O) groups excluding carboxylic acids is 1. The summed E-state index contributed by atoms with van der Waals surface area (Å²) in [6.45, 7) is 1.20. The molecular weight excluding hydrogens is 351 g/mol. The molecule has 3 rings (SSSR count). The number of carbonyl (C=O) groups is 1. The van der Waals surface area contributed by atoms with E-state index in [9.17, 15) is 4.79 Å². The van der Waals surface area contributed by atoms with E-state index < -0.39 is 0 Å². The van der Waals surface area contributed by atoms with Crippen LogP contribution in [0.1, 0.15) is 23.2 Å². The largest absolute Gasteiger partial charge is 0.489 e. The topological polar surface area (TPSA) is 60.5 Å². The third-order valence-electron chi connectivity index (χ3n) is 3.63. The fraction of sp³-hybridized carbons (Fsp3) is 0.294. The van der Waals surface area contributed by atoms with E-state index in [2.05, 4.69) is 10.3 Å². The number of rotatable bonds is 5. The zero-order valence-electron chi connectivity index (χ0n) is 12.8. The summed E-state index contributed by atoms with van der Waals surface area (Å²) in [6.07, 6.45) is 3.58. The van der Waals surface area contributed by atoms with E-state index in [0.29, 0.717) is 28.6 Å². The minimum atomic E-state index is -0.316. The molecular formula is C17H16Cl2N2O3. The molecule has 1 saturated heterocycles. The van der Waals surface area contributed by atoms with Crippen molar-refractivity contribution in [3.63, 3.8) is 0 Å². The number of nitrogens with zero attached hydrogens (tertiary/aromatic N) is 1.